The van der Waals surface area contributed by atoms with Crippen LogP contribution in [0.2, 0.25) is 0 Å². The molecule has 1 aliphatic rings. The lowest BCUT2D eigenvalue weighted by Crippen LogP contribution is -2.32. The third kappa shape index (κ3) is 2.58. The summed E-state index contributed by atoms with van der Waals surface area (Å²) < 4.78 is 0. The molecule has 2 aromatic rings. The van der Waals surface area contributed by atoms with Crippen molar-refractivity contribution in [3.63, 3.8) is 0 Å². The van der Waals surface area contributed by atoms with Gasteiger partial charge in [-0.15, -0.1) is 0 Å². The van der Waals surface area contributed by atoms with Crippen LogP contribution in [0.5, 0.6) is 0 Å². The van der Waals surface area contributed by atoms with Gasteiger partial charge in [0.05, 0.1) is 12.3 Å². The number of amides is 1. The fourth-order valence-corrected chi connectivity index (χ4v) is 2.13. The highest BCUT2D eigenvalue weighted by atomic mass is 16.3. The average Bonchev–Trinajstić information content (AvgIpc) is 3.12. The smallest absolute Gasteiger partial charge is 0.269 e. The minimum absolute atomic E-state index is 0.0854. The molecule has 3 rings (SSSR count). The Balaban J connectivity index is 1.66. The zero-order valence-electron chi connectivity index (χ0n) is 11.1. The van der Waals surface area contributed by atoms with Gasteiger partial charge in [0.15, 0.2) is 0 Å². The largest absolute Gasteiger partial charge is 0.396 e. The first-order chi connectivity index (χ1) is 9.72. The number of hydrogen-bond acceptors (Lipinski definition) is 3. The monoisotopic (exact) mass is 271 g/mol. The molecule has 0 saturated heterocycles. The van der Waals surface area contributed by atoms with Crippen LogP contribution in [0.1, 0.15) is 23.3 Å². The Bertz CT molecular complexity index is 603. The van der Waals surface area contributed by atoms with Crippen molar-refractivity contribution in [2.75, 3.05) is 13.2 Å². The second-order valence-corrected chi connectivity index (χ2v) is 5.37. The van der Waals surface area contributed by atoms with Gasteiger partial charge in [-0.05, 0) is 18.9 Å². The Hall–Kier alpha value is -2.14. The van der Waals surface area contributed by atoms with Crippen molar-refractivity contribution in [1.29, 1.82) is 0 Å². The van der Waals surface area contributed by atoms with Crippen LogP contribution in [0, 0.1) is 5.41 Å². The number of hydrogen-bond donors (Lipinski definition) is 3. The number of rotatable bonds is 5. The third-order valence-corrected chi connectivity index (χ3v) is 3.81. The second-order valence-electron chi connectivity index (χ2n) is 5.37. The maximum atomic E-state index is 12.0. The first-order valence-corrected chi connectivity index (χ1v) is 6.72. The fraction of sp³-hybridized carbons (Fsp3) is 0.333. The lowest BCUT2D eigenvalue weighted by Gasteiger charge is -2.11. The van der Waals surface area contributed by atoms with Crippen LogP contribution < -0.4 is 5.32 Å². The number of nitrogens with one attached hydrogen (secondary N) is 2. The van der Waals surface area contributed by atoms with Crippen LogP contribution >= 0.6 is 0 Å². The van der Waals surface area contributed by atoms with E-state index in [1.54, 1.807) is 6.07 Å². The van der Waals surface area contributed by atoms with E-state index in [4.69, 9.17) is 0 Å². The molecule has 104 valence electrons. The van der Waals surface area contributed by atoms with E-state index >= 15 is 0 Å². The number of carbonyl (C=O) groups excluding carboxylic acids is 1. The quantitative estimate of drug-likeness (QED) is 0.772. The van der Waals surface area contributed by atoms with E-state index in [9.17, 15) is 9.90 Å². The van der Waals surface area contributed by atoms with E-state index in [1.807, 2.05) is 30.3 Å². The highest BCUT2D eigenvalue weighted by molar-refractivity contribution is 5.93. The maximum absolute atomic E-state index is 12.0. The molecule has 0 aliphatic heterocycles. The molecule has 1 saturated carbocycles. The molecule has 0 radical (unpaired) electrons. The summed E-state index contributed by atoms with van der Waals surface area (Å²) in [4.78, 5) is 12.0. The number of benzene rings is 1. The fourth-order valence-electron chi connectivity index (χ4n) is 2.13. The molecular formula is C15H17N3O2. The molecule has 1 aromatic heterocycles. The number of aliphatic hydroxyl groups is 1. The van der Waals surface area contributed by atoms with Gasteiger partial charge < -0.3 is 10.4 Å². The molecule has 1 heterocycles. The predicted octanol–water partition coefficient (Wildman–Crippen LogP) is 1.58. The molecule has 5 nitrogen and oxygen atoms in total. The topological polar surface area (TPSA) is 78.0 Å². The van der Waals surface area contributed by atoms with Crippen LogP contribution in [-0.2, 0) is 0 Å². The van der Waals surface area contributed by atoms with Crippen LogP contribution in [0.4, 0.5) is 0 Å². The summed E-state index contributed by atoms with van der Waals surface area (Å²) in [5.74, 6) is -0.181. The minimum Gasteiger partial charge on any atom is -0.396 e. The van der Waals surface area contributed by atoms with E-state index in [0.29, 0.717) is 12.2 Å². The third-order valence-electron chi connectivity index (χ3n) is 3.81. The van der Waals surface area contributed by atoms with Crippen LogP contribution in [-0.4, -0.2) is 34.4 Å². The lowest BCUT2D eigenvalue weighted by molar-refractivity contribution is 0.0930. The Labute approximate surface area is 117 Å². The Morgan fingerprint density at radius 2 is 2.10 bits per heavy atom. The van der Waals surface area contributed by atoms with E-state index in [0.717, 1.165) is 24.1 Å². The number of carbonyl (C=O) groups is 1. The summed E-state index contributed by atoms with van der Waals surface area (Å²) in [6.07, 6.45) is 1.95. The summed E-state index contributed by atoms with van der Waals surface area (Å²) in [5, 5.41) is 19.0. The van der Waals surface area contributed by atoms with Crippen molar-refractivity contribution in [1.82, 2.24) is 15.5 Å². The second kappa shape index (κ2) is 5.09. The highest BCUT2D eigenvalue weighted by Gasteiger charge is 2.42. The van der Waals surface area contributed by atoms with E-state index in [-0.39, 0.29) is 17.9 Å². The number of aliphatic hydroxyl groups excluding tert-OH is 1. The van der Waals surface area contributed by atoms with Gasteiger partial charge in [0.2, 0.25) is 0 Å². The van der Waals surface area contributed by atoms with Gasteiger partial charge in [-0.2, -0.15) is 5.10 Å². The normalized spacial score (nSPS) is 15.8. The zero-order chi connectivity index (χ0) is 14.0. The molecule has 20 heavy (non-hydrogen) atoms. The summed E-state index contributed by atoms with van der Waals surface area (Å²) >= 11 is 0. The number of nitrogens with zero attached hydrogens (tertiary/aromatic N) is 1. The average molecular weight is 271 g/mol. The molecule has 1 aromatic carbocycles. The SMILES string of the molecule is O=C(NCC1(CO)CC1)c1cc(-c2ccccc2)n[nH]1. The number of H-pyrrole nitrogens is 1. The molecule has 3 N–H and O–H groups in total. The van der Waals surface area contributed by atoms with Crippen molar-refractivity contribution in [3.8, 4) is 11.3 Å². The van der Waals surface area contributed by atoms with Gasteiger partial charge in [-0.25, -0.2) is 0 Å². The molecule has 0 unspecified atom stereocenters. The van der Waals surface area contributed by atoms with Crippen molar-refractivity contribution < 1.29 is 9.90 Å². The number of aromatic amines is 1. The molecule has 1 amide bonds. The van der Waals surface area contributed by atoms with Crippen LogP contribution in [0.3, 0.4) is 0 Å². The Kier molecular flexibility index (Phi) is 3.28. The first-order valence-electron chi connectivity index (χ1n) is 6.72. The summed E-state index contributed by atoms with van der Waals surface area (Å²) in [5.41, 5.74) is 2.08. The van der Waals surface area contributed by atoms with Gasteiger partial charge in [0.1, 0.15) is 5.69 Å². The lowest BCUT2D eigenvalue weighted by atomic mass is 10.1. The molecular weight excluding hydrogens is 254 g/mol. The van der Waals surface area contributed by atoms with Gasteiger partial charge in [0.25, 0.3) is 5.91 Å². The van der Waals surface area contributed by atoms with Crippen LogP contribution in [0.25, 0.3) is 11.3 Å². The maximum Gasteiger partial charge on any atom is 0.269 e. The van der Waals surface area contributed by atoms with Crippen molar-refractivity contribution >= 4 is 5.91 Å². The Morgan fingerprint density at radius 3 is 2.75 bits per heavy atom. The highest BCUT2D eigenvalue weighted by Crippen LogP contribution is 2.44. The molecule has 1 aliphatic carbocycles. The Morgan fingerprint density at radius 1 is 1.35 bits per heavy atom. The summed E-state index contributed by atoms with van der Waals surface area (Å²) in [6, 6.07) is 11.4. The van der Waals surface area contributed by atoms with Crippen molar-refractivity contribution in [3.05, 3.63) is 42.1 Å². The van der Waals surface area contributed by atoms with E-state index in [1.165, 1.54) is 0 Å². The first kappa shape index (κ1) is 12.9. The van der Waals surface area contributed by atoms with Gasteiger partial charge in [-0.1, -0.05) is 30.3 Å². The van der Waals surface area contributed by atoms with Gasteiger partial charge in [-0.3, -0.25) is 9.89 Å². The van der Waals surface area contributed by atoms with Crippen LogP contribution in [0.15, 0.2) is 36.4 Å². The molecule has 5 heteroatoms. The molecule has 1 fully saturated rings. The van der Waals surface area contributed by atoms with Crippen molar-refractivity contribution in [2.45, 2.75) is 12.8 Å². The zero-order valence-corrected chi connectivity index (χ0v) is 11.1. The van der Waals surface area contributed by atoms with E-state index < -0.39 is 0 Å². The van der Waals surface area contributed by atoms with E-state index in [2.05, 4.69) is 15.5 Å². The standard InChI is InChI=1S/C15H17N3O2/c19-10-15(6-7-15)9-16-14(20)13-8-12(17-18-13)11-4-2-1-3-5-11/h1-5,8,19H,6-7,9-10H2,(H,16,20)(H,17,18). The summed E-state index contributed by atoms with van der Waals surface area (Å²) in [6.45, 7) is 0.646. The molecule has 0 atom stereocenters. The molecule has 0 spiro atoms. The summed E-state index contributed by atoms with van der Waals surface area (Å²) in [7, 11) is 0. The number of aromatic nitrogens is 2. The molecule has 0 bridgehead atoms. The van der Waals surface area contributed by atoms with Gasteiger partial charge in [0, 0.05) is 17.5 Å². The predicted molar refractivity (Wildman–Crippen MR) is 75.1 cm³/mol. The van der Waals surface area contributed by atoms with Crippen molar-refractivity contribution in [2.24, 2.45) is 5.41 Å². The minimum atomic E-state index is -0.181. The van der Waals surface area contributed by atoms with Gasteiger partial charge >= 0.3 is 0 Å².